The van der Waals surface area contributed by atoms with Crippen molar-refractivity contribution in [2.45, 2.75) is 20.4 Å². The van der Waals surface area contributed by atoms with Crippen molar-refractivity contribution in [2.24, 2.45) is 0 Å². The number of nitrogens with one attached hydrogen (secondary N) is 3. The first-order valence-corrected chi connectivity index (χ1v) is 9.37. The van der Waals surface area contributed by atoms with Gasteiger partial charge in [0.15, 0.2) is 0 Å². The Hall–Kier alpha value is -3.94. The van der Waals surface area contributed by atoms with E-state index >= 15 is 0 Å². The summed E-state index contributed by atoms with van der Waals surface area (Å²) in [6.07, 6.45) is 3.22. The van der Waals surface area contributed by atoms with Crippen molar-refractivity contribution in [3.8, 4) is 11.5 Å². The first-order chi connectivity index (χ1) is 14.4. The third-order valence-corrected chi connectivity index (χ3v) is 4.26. The minimum atomic E-state index is -0.331. The Labute approximate surface area is 174 Å². The molecule has 8 heteroatoms. The maximum atomic E-state index is 12.0. The molecule has 0 unspecified atom stereocenters. The molecule has 0 fully saturated rings. The Bertz CT molecular complexity index is 1050. The Morgan fingerprint density at radius 1 is 1.03 bits per heavy atom. The van der Waals surface area contributed by atoms with E-state index in [9.17, 15) is 9.59 Å². The maximum absolute atomic E-state index is 12.0. The minimum absolute atomic E-state index is 0.280. The fourth-order valence-corrected chi connectivity index (χ4v) is 2.67. The van der Waals surface area contributed by atoms with Gasteiger partial charge in [-0.25, -0.2) is 9.78 Å². The zero-order valence-electron chi connectivity index (χ0n) is 17.0. The van der Waals surface area contributed by atoms with E-state index in [1.54, 1.807) is 31.4 Å². The third-order valence-electron chi connectivity index (χ3n) is 4.26. The van der Waals surface area contributed by atoms with Crippen molar-refractivity contribution in [3.05, 3.63) is 77.2 Å². The lowest BCUT2D eigenvalue weighted by atomic mass is 10.1. The molecule has 0 aliphatic rings. The van der Waals surface area contributed by atoms with E-state index in [0.29, 0.717) is 23.9 Å². The molecule has 154 valence electrons. The number of amides is 3. The third kappa shape index (κ3) is 5.54. The summed E-state index contributed by atoms with van der Waals surface area (Å²) in [5, 5.41) is 8.03. The largest absolute Gasteiger partial charge is 0.457 e. The number of carbonyl (C=O) groups is 2. The fraction of sp³-hybridized carbons (Fsp3) is 0.182. The van der Waals surface area contributed by atoms with Crippen molar-refractivity contribution in [1.29, 1.82) is 0 Å². The van der Waals surface area contributed by atoms with E-state index in [1.165, 1.54) is 6.20 Å². The second kappa shape index (κ2) is 9.51. The number of aryl methyl sites for hydroxylation is 2. The van der Waals surface area contributed by atoms with Crippen LogP contribution in [-0.2, 0) is 6.54 Å². The van der Waals surface area contributed by atoms with Gasteiger partial charge in [0.05, 0.1) is 0 Å². The smallest absolute Gasteiger partial charge is 0.320 e. The van der Waals surface area contributed by atoms with Crippen LogP contribution in [0.15, 0.2) is 54.9 Å². The summed E-state index contributed by atoms with van der Waals surface area (Å²) in [6.45, 7) is 4.20. The van der Waals surface area contributed by atoms with Crippen LogP contribution in [0.25, 0.3) is 0 Å². The van der Waals surface area contributed by atoms with E-state index in [0.717, 1.165) is 16.7 Å². The number of ether oxygens (including phenoxy) is 1. The van der Waals surface area contributed by atoms with Gasteiger partial charge in [-0.05, 0) is 48.7 Å². The molecule has 8 nitrogen and oxygen atoms in total. The van der Waals surface area contributed by atoms with Gasteiger partial charge in [0.2, 0.25) is 0 Å². The minimum Gasteiger partial charge on any atom is -0.457 e. The molecule has 3 rings (SSSR count). The van der Waals surface area contributed by atoms with Crippen LogP contribution in [0.1, 0.15) is 27.2 Å². The van der Waals surface area contributed by atoms with Gasteiger partial charge in [-0.2, -0.15) is 0 Å². The predicted octanol–water partition coefficient (Wildman–Crippen LogP) is 3.57. The van der Waals surface area contributed by atoms with Gasteiger partial charge in [-0.15, -0.1) is 0 Å². The lowest BCUT2D eigenvalue weighted by Gasteiger charge is -2.12. The van der Waals surface area contributed by atoms with Crippen molar-refractivity contribution in [1.82, 2.24) is 20.6 Å². The average molecular weight is 405 g/mol. The van der Waals surface area contributed by atoms with Crippen LogP contribution in [0.4, 0.5) is 10.6 Å². The van der Waals surface area contributed by atoms with Crippen LogP contribution in [0, 0.1) is 13.8 Å². The standard InChI is InChI=1S/C22H23N5O3/c1-14-4-7-20(25-12-14)27-22(29)26-13-16-5-6-19(15(2)10-16)30-17-8-9-24-18(11-17)21(28)23-3/h4-12H,13H2,1-3H3,(H,23,28)(H2,25,26,27,29). The van der Waals surface area contributed by atoms with Crippen LogP contribution in [0.5, 0.6) is 11.5 Å². The number of aromatic nitrogens is 2. The van der Waals surface area contributed by atoms with Crippen LogP contribution < -0.4 is 20.7 Å². The maximum Gasteiger partial charge on any atom is 0.320 e. The molecule has 2 aromatic heterocycles. The van der Waals surface area contributed by atoms with Crippen molar-refractivity contribution in [3.63, 3.8) is 0 Å². The van der Waals surface area contributed by atoms with E-state index < -0.39 is 0 Å². The number of rotatable bonds is 6. The first kappa shape index (κ1) is 20.8. The highest BCUT2D eigenvalue weighted by Crippen LogP contribution is 2.26. The molecule has 0 aliphatic carbocycles. The Morgan fingerprint density at radius 3 is 2.57 bits per heavy atom. The SMILES string of the molecule is CNC(=O)c1cc(Oc2ccc(CNC(=O)Nc3ccc(C)cn3)cc2C)ccn1. The summed E-state index contributed by atoms with van der Waals surface area (Å²) in [6, 6.07) is 12.2. The number of nitrogens with zero attached hydrogens (tertiary/aromatic N) is 2. The summed E-state index contributed by atoms with van der Waals surface area (Å²) < 4.78 is 5.89. The molecular weight excluding hydrogens is 382 g/mol. The van der Waals surface area contributed by atoms with Crippen LogP contribution in [-0.4, -0.2) is 29.0 Å². The summed E-state index contributed by atoms with van der Waals surface area (Å²) in [4.78, 5) is 31.9. The van der Waals surface area contributed by atoms with Gasteiger partial charge in [0.1, 0.15) is 23.0 Å². The lowest BCUT2D eigenvalue weighted by molar-refractivity contribution is 0.0958. The number of benzene rings is 1. The molecule has 0 atom stereocenters. The number of urea groups is 1. The van der Waals surface area contributed by atoms with E-state index in [1.807, 2.05) is 38.1 Å². The number of anilines is 1. The number of hydrogen-bond acceptors (Lipinski definition) is 5. The molecule has 3 aromatic rings. The molecule has 2 heterocycles. The number of pyridine rings is 2. The first-order valence-electron chi connectivity index (χ1n) is 9.37. The topological polar surface area (TPSA) is 105 Å². The molecule has 0 spiro atoms. The lowest BCUT2D eigenvalue weighted by Crippen LogP contribution is -2.28. The van der Waals surface area contributed by atoms with E-state index in [-0.39, 0.29) is 17.6 Å². The predicted molar refractivity (Wildman–Crippen MR) is 114 cm³/mol. The molecule has 1 aromatic carbocycles. The quantitative estimate of drug-likeness (QED) is 0.581. The van der Waals surface area contributed by atoms with E-state index in [4.69, 9.17) is 4.74 Å². The Morgan fingerprint density at radius 2 is 1.87 bits per heavy atom. The van der Waals surface area contributed by atoms with Gasteiger partial charge in [0.25, 0.3) is 5.91 Å². The van der Waals surface area contributed by atoms with Gasteiger partial charge >= 0.3 is 6.03 Å². The van der Waals surface area contributed by atoms with Crippen LogP contribution >= 0.6 is 0 Å². The number of hydrogen-bond donors (Lipinski definition) is 3. The van der Waals surface area contributed by atoms with Crippen LogP contribution in [0.3, 0.4) is 0 Å². The van der Waals surface area contributed by atoms with Crippen molar-refractivity contribution >= 4 is 17.8 Å². The second-order valence-corrected chi connectivity index (χ2v) is 6.69. The molecule has 0 bridgehead atoms. The molecule has 0 radical (unpaired) electrons. The van der Waals surface area contributed by atoms with Gasteiger partial charge < -0.3 is 15.4 Å². The van der Waals surface area contributed by atoms with Crippen LogP contribution in [0.2, 0.25) is 0 Å². The zero-order chi connectivity index (χ0) is 21.5. The van der Waals surface area contributed by atoms with E-state index in [2.05, 4.69) is 25.9 Å². The Kier molecular flexibility index (Phi) is 6.59. The summed E-state index contributed by atoms with van der Waals surface area (Å²) in [5.41, 5.74) is 3.12. The molecule has 3 N–H and O–H groups in total. The van der Waals surface area contributed by atoms with Gasteiger partial charge in [0, 0.05) is 32.1 Å². The second-order valence-electron chi connectivity index (χ2n) is 6.69. The highest BCUT2D eigenvalue weighted by Gasteiger charge is 2.09. The zero-order valence-corrected chi connectivity index (χ0v) is 17.0. The Balaban J connectivity index is 1.59. The molecule has 0 aliphatic heterocycles. The van der Waals surface area contributed by atoms with Crippen molar-refractivity contribution in [2.75, 3.05) is 12.4 Å². The summed E-state index contributed by atoms with van der Waals surface area (Å²) >= 11 is 0. The highest BCUT2D eigenvalue weighted by molar-refractivity contribution is 5.92. The monoisotopic (exact) mass is 405 g/mol. The fourth-order valence-electron chi connectivity index (χ4n) is 2.67. The molecular formula is C22H23N5O3. The van der Waals surface area contributed by atoms with Crippen molar-refractivity contribution < 1.29 is 14.3 Å². The molecule has 30 heavy (non-hydrogen) atoms. The summed E-state index contributed by atoms with van der Waals surface area (Å²) in [7, 11) is 1.55. The highest BCUT2D eigenvalue weighted by atomic mass is 16.5. The normalized spacial score (nSPS) is 10.2. The molecule has 3 amide bonds. The number of carbonyl (C=O) groups excluding carboxylic acids is 2. The van der Waals surface area contributed by atoms with Gasteiger partial charge in [-0.3, -0.25) is 15.1 Å². The summed E-state index contributed by atoms with van der Waals surface area (Å²) in [5.74, 6) is 1.38. The molecule has 0 saturated heterocycles. The molecule has 0 saturated carbocycles. The average Bonchev–Trinajstić information content (AvgIpc) is 2.75. The van der Waals surface area contributed by atoms with Gasteiger partial charge in [-0.1, -0.05) is 18.2 Å².